The Bertz CT molecular complexity index is 560. The van der Waals surface area contributed by atoms with Gasteiger partial charge in [-0.15, -0.1) is 0 Å². The van der Waals surface area contributed by atoms with E-state index in [4.69, 9.17) is 10.7 Å². The lowest BCUT2D eigenvalue weighted by Gasteiger charge is -2.22. The molecule has 0 saturated carbocycles. The number of aryl methyl sites for hydroxylation is 1. The van der Waals surface area contributed by atoms with Crippen LogP contribution in [0.1, 0.15) is 13.3 Å². The van der Waals surface area contributed by atoms with E-state index in [9.17, 15) is 0 Å². The Balaban J connectivity index is 2.02. The minimum absolute atomic E-state index is 0.522. The van der Waals surface area contributed by atoms with Gasteiger partial charge in [-0.1, -0.05) is 12.1 Å². The highest BCUT2D eigenvalue weighted by molar-refractivity contribution is 5.78. The molecule has 0 spiro atoms. The summed E-state index contributed by atoms with van der Waals surface area (Å²) in [6, 6.07) is 8.81. The number of hydrogen-bond donors (Lipinski definition) is 1. The van der Waals surface area contributed by atoms with Crippen LogP contribution < -0.4 is 10.6 Å². The molecular formula is C14H20N4. The van der Waals surface area contributed by atoms with E-state index in [1.54, 1.807) is 0 Å². The van der Waals surface area contributed by atoms with Gasteiger partial charge in [0.2, 0.25) is 5.95 Å². The van der Waals surface area contributed by atoms with Crippen molar-refractivity contribution in [2.24, 2.45) is 18.7 Å². The summed E-state index contributed by atoms with van der Waals surface area (Å²) in [7, 11) is 2.09. The van der Waals surface area contributed by atoms with E-state index in [2.05, 4.69) is 41.6 Å². The summed E-state index contributed by atoms with van der Waals surface area (Å²) in [6.45, 7) is 4.05. The van der Waals surface area contributed by atoms with E-state index in [1.807, 2.05) is 6.07 Å². The van der Waals surface area contributed by atoms with Crippen molar-refractivity contribution >= 4 is 17.0 Å². The third-order valence-corrected chi connectivity index (χ3v) is 4.02. The van der Waals surface area contributed by atoms with Gasteiger partial charge in [-0.05, 0) is 37.9 Å². The predicted octanol–water partition coefficient (Wildman–Crippen LogP) is 1.75. The molecule has 2 unspecified atom stereocenters. The molecule has 0 aliphatic carbocycles. The van der Waals surface area contributed by atoms with E-state index in [-0.39, 0.29) is 0 Å². The molecule has 1 aromatic carbocycles. The van der Waals surface area contributed by atoms with Crippen molar-refractivity contribution in [3.63, 3.8) is 0 Å². The first-order valence-electron chi connectivity index (χ1n) is 6.59. The van der Waals surface area contributed by atoms with Crippen molar-refractivity contribution in [3.05, 3.63) is 24.3 Å². The Morgan fingerprint density at radius 1 is 1.39 bits per heavy atom. The van der Waals surface area contributed by atoms with E-state index in [1.165, 1.54) is 11.9 Å². The Kier molecular flexibility index (Phi) is 2.74. The second-order valence-electron chi connectivity index (χ2n) is 5.30. The molecule has 4 nitrogen and oxygen atoms in total. The minimum atomic E-state index is 0.522. The molecule has 1 fully saturated rings. The Labute approximate surface area is 107 Å². The molecule has 2 N–H and O–H groups in total. The molecule has 1 aliphatic heterocycles. The van der Waals surface area contributed by atoms with E-state index >= 15 is 0 Å². The van der Waals surface area contributed by atoms with Crippen molar-refractivity contribution in [2.75, 3.05) is 18.0 Å². The van der Waals surface area contributed by atoms with Gasteiger partial charge in [-0.3, -0.25) is 0 Å². The van der Waals surface area contributed by atoms with Gasteiger partial charge >= 0.3 is 0 Å². The van der Waals surface area contributed by atoms with Crippen LogP contribution in [-0.2, 0) is 7.05 Å². The van der Waals surface area contributed by atoms with Crippen molar-refractivity contribution in [1.29, 1.82) is 0 Å². The summed E-state index contributed by atoms with van der Waals surface area (Å²) in [6.07, 6.45) is 1.17. The molecule has 2 heterocycles. The minimum Gasteiger partial charge on any atom is -0.339 e. The number of fused-ring (bicyclic) bond motifs is 1. The van der Waals surface area contributed by atoms with Gasteiger partial charge in [-0.25, -0.2) is 4.98 Å². The molecule has 1 saturated heterocycles. The van der Waals surface area contributed by atoms with Gasteiger partial charge in [0.1, 0.15) is 0 Å². The van der Waals surface area contributed by atoms with Crippen LogP contribution in [-0.4, -0.2) is 28.7 Å². The normalized spacial score (nSPS) is 24.1. The lowest BCUT2D eigenvalue weighted by atomic mass is 10.1. The maximum Gasteiger partial charge on any atom is 0.206 e. The zero-order valence-corrected chi connectivity index (χ0v) is 11.0. The molecule has 1 aliphatic rings. The summed E-state index contributed by atoms with van der Waals surface area (Å²) in [5.74, 6) is 1.67. The second-order valence-corrected chi connectivity index (χ2v) is 5.30. The van der Waals surface area contributed by atoms with Crippen molar-refractivity contribution in [3.8, 4) is 0 Å². The molecule has 0 radical (unpaired) electrons. The first-order chi connectivity index (χ1) is 8.70. The van der Waals surface area contributed by atoms with Crippen LogP contribution in [0.3, 0.4) is 0 Å². The average molecular weight is 244 g/mol. The standard InChI is InChI=1S/C14H20N4/c1-10-7-11(8-15)9-18(10)14-16-12-5-3-4-6-13(12)17(14)2/h3-6,10-11H,7-9,15H2,1-2H3. The highest BCUT2D eigenvalue weighted by Gasteiger charge is 2.30. The molecule has 18 heavy (non-hydrogen) atoms. The monoisotopic (exact) mass is 244 g/mol. The topological polar surface area (TPSA) is 47.1 Å². The van der Waals surface area contributed by atoms with Crippen molar-refractivity contribution in [1.82, 2.24) is 9.55 Å². The highest BCUT2D eigenvalue weighted by atomic mass is 15.3. The van der Waals surface area contributed by atoms with Gasteiger partial charge in [0, 0.05) is 19.6 Å². The summed E-state index contributed by atoms with van der Waals surface area (Å²) in [5.41, 5.74) is 8.05. The maximum atomic E-state index is 5.80. The van der Waals surface area contributed by atoms with Gasteiger partial charge < -0.3 is 15.2 Å². The molecule has 2 atom stereocenters. The van der Waals surface area contributed by atoms with Gasteiger partial charge in [0.05, 0.1) is 11.0 Å². The summed E-state index contributed by atoms with van der Waals surface area (Å²) in [5, 5.41) is 0. The number of imidazole rings is 1. The van der Waals surface area contributed by atoms with Crippen LogP contribution in [0.4, 0.5) is 5.95 Å². The first-order valence-corrected chi connectivity index (χ1v) is 6.59. The lowest BCUT2D eigenvalue weighted by Crippen LogP contribution is -2.29. The number of benzene rings is 1. The van der Waals surface area contributed by atoms with Gasteiger partial charge in [0.15, 0.2) is 0 Å². The molecule has 4 heteroatoms. The van der Waals surface area contributed by atoms with Crippen molar-refractivity contribution in [2.45, 2.75) is 19.4 Å². The molecule has 1 aromatic heterocycles. The van der Waals surface area contributed by atoms with E-state index in [0.29, 0.717) is 12.0 Å². The smallest absolute Gasteiger partial charge is 0.206 e. The number of anilines is 1. The molecule has 2 aromatic rings. The molecular weight excluding hydrogens is 224 g/mol. The SMILES string of the molecule is CC1CC(CN)CN1c1nc2ccccc2n1C. The second kappa shape index (κ2) is 4.28. The third-order valence-electron chi connectivity index (χ3n) is 4.02. The fraction of sp³-hybridized carbons (Fsp3) is 0.500. The fourth-order valence-electron chi connectivity index (χ4n) is 2.98. The van der Waals surface area contributed by atoms with Crippen LogP contribution in [0.25, 0.3) is 11.0 Å². The largest absolute Gasteiger partial charge is 0.339 e. The number of nitrogens with zero attached hydrogens (tertiary/aromatic N) is 3. The molecule has 96 valence electrons. The quantitative estimate of drug-likeness (QED) is 0.875. The number of aromatic nitrogens is 2. The van der Waals surface area contributed by atoms with Crippen LogP contribution >= 0.6 is 0 Å². The lowest BCUT2D eigenvalue weighted by molar-refractivity contribution is 0.579. The van der Waals surface area contributed by atoms with Crippen LogP contribution in [0.15, 0.2) is 24.3 Å². The predicted molar refractivity (Wildman–Crippen MR) is 74.7 cm³/mol. The number of hydrogen-bond acceptors (Lipinski definition) is 3. The Morgan fingerprint density at radius 3 is 2.83 bits per heavy atom. The number of nitrogens with two attached hydrogens (primary N) is 1. The van der Waals surface area contributed by atoms with Crippen LogP contribution in [0, 0.1) is 5.92 Å². The average Bonchev–Trinajstić information content (AvgIpc) is 2.91. The molecule has 0 amide bonds. The first kappa shape index (κ1) is 11.5. The fourth-order valence-corrected chi connectivity index (χ4v) is 2.98. The Morgan fingerprint density at radius 2 is 2.17 bits per heavy atom. The molecule has 3 rings (SSSR count). The highest BCUT2D eigenvalue weighted by Crippen LogP contribution is 2.29. The van der Waals surface area contributed by atoms with E-state index < -0.39 is 0 Å². The van der Waals surface area contributed by atoms with Gasteiger partial charge in [-0.2, -0.15) is 0 Å². The summed E-state index contributed by atoms with van der Waals surface area (Å²) in [4.78, 5) is 7.15. The van der Waals surface area contributed by atoms with Gasteiger partial charge in [0.25, 0.3) is 0 Å². The summed E-state index contributed by atoms with van der Waals surface area (Å²) >= 11 is 0. The van der Waals surface area contributed by atoms with Crippen LogP contribution in [0.2, 0.25) is 0 Å². The zero-order valence-electron chi connectivity index (χ0n) is 11.0. The maximum absolute atomic E-state index is 5.80. The zero-order chi connectivity index (χ0) is 12.7. The van der Waals surface area contributed by atoms with Crippen LogP contribution in [0.5, 0.6) is 0 Å². The number of rotatable bonds is 2. The van der Waals surface area contributed by atoms with E-state index in [0.717, 1.165) is 24.6 Å². The third kappa shape index (κ3) is 1.68. The van der Waals surface area contributed by atoms with Crippen molar-refractivity contribution < 1.29 is 0 Å². The molecule has 0 bridgehead atoms. The number of para-hydroxylation sites is 2. The Hall–Kier alpha value is -1.55. The summed E-state index contributed by atoms with van der Waals surface area (Å²) < 4.78 is 2.19.